The zero-order valence-electron chi connectivity index (χ0n) is 9.51. The van der Waals surface area contributed by atoms with Gasteiger partial charge in [0.05, 0.1) is 5.69 Å². The Morgan fingerprint density at radius 1 is 1.22 bits per heavy atom. The Morgan fingerprint density at radius 3 is 2.61 bits per heavy atom. The van der Waals surface area contributed by atoms with Gasteiger partial charge < -0.3 is 4.90 Å². The molecule has 3 rings (SSSR count). The van der Waals surface area contributed by atoms with E-state index in [1.807, 2.05) is 0 Å². The molecule has 3 amide bonds. The van der Waals surface area contributed by atoms with Crippen LogP contribution in [0.3, 0.4) is 0 Å². The fourth-order valence-corrected chi connectivity index (χ4v) is 3.40. The molecule has 1 aromatic rings. The van der Waals surface area contributed by atoms with E-state index in [1.165, 1.54) is 4.90 Å². The van der Waals surface area contributed by atoms with Crippen molar-refractivity contribution in [3.8, 4) is 0 Å². The average Bonchev–Trinajstić information content (AvgIpc) is 2.64. The Labute approximate surface area is 114 Å². The highest BCUT2D eigenvalue weighted by atomic mass is 35.5. The lowest BCUT2D eigenvalue weighted by Crippen LogP contribution is -2.41. The van der Waals surface area contributed by atoms with Crippen LogP contribution in [-0.2, 0) is 4.79 Å². The number of halogens is 1. The van der Waals surface area contributed by atoms with Crippen molar-refractivity contribution < 1.29 is 9.59 Å². The maximum absolute atomic E-state index is 12.3. The minimum atomic E-state index is -0.299. The molecule has 1 unspecified atom stereocenters. The zero-order chi connectivity index (χ0) is 12.7. The highest BCUT2D eigenvalue weighted by Crippen LogP contribution is 2.30. The number of nitrogens with zero attached hydrogens (tertiary/aromatic N) is 2. The third kappa shape index (κ3) is 1.78. The van der Waals surface area contributed by atoms with Crippen molar-refractivity contribution >= 4 is 41.0 Å². The number of fused-ring (bicyclic) bond motifs is 1. The van der Waals surface area contributed by atoms with Crippen molar-refractivity contribution in [3.63, 3.8) is 0 Å². The van der Waals surface area contributed by atoms with E-state index >= 15 is 0 Å². The fourth-order valence-electron chi connectivity index (χ4n) is 2.24. The van der Waals surface area contributed by atoms with Gasteiger partial charge >= 0.3 is 6.03 Å². The predicted octanol–water partition coefficient (Wildman–Crippen LogP) is 2.22. The smallest absolute Gasteiger partial charge is 0.310 e. The summed E-state index contributed by atoms with van der Waals surface area (Å²) in [4.78, 5) is 27.4. The van der Waals surface area contributed by atoms with Crippen LogP contribution in [0.1, 0.15) is 0 Å². The number of urea groups is 1. The molecule has 0 aromatic heterocycles. The molecule has 0 saturated carbocycles. The van der Waals surface area contributed by atoms with Gasteiger partial charge in [-0.05, 0) is 24.3 Å². The third-order valence-corrected chi connectivity index (χ3v) is 4.43. The normalized spacial score (nSPS) is 23.5. The number of anilines is 1. The van der Waals surface area contributed by atoms with E-state index in [0.717, 1.165) is 5.75 Å². The first kappa shape index (κ1) is 11.9. The van der Waals surface area contributed by atoms with Gasteiger partial charge in [0, 0.05) is 23.1 Å². The van der Waals surface area contributed by atoms with E-state index < -0.39 is 0 Å². The lowest BCUT2D eigenvalue weighted by molar-refractivity contribution is -0.119. The molecule has 2 aliphatic rings. The quantitative estimate of drug-likeness (QED) is 0.742. The van der Waals surface area contributed by atoms with E-state index in [-0.39, 0.29) is 18.0 Å². The molecule has 2 saturated heterocycles. The molecular formula is C12H11ClN2O2S. The average molecular weight is 283 g/mol. The first-order valence-electron chi connectivity index (χ1n) is 5.66. The number of carbonyl (C=O) groups excluding carboxylic acids is 2. The molecule has 6 heteroatoms. The summed E-state index contributed by atoms with van der Waals surface area (Å²) >= 11 is 7.53. The van der Waals surface area contributed by atoms with E-state index in [9.17, 15) is 9.59 Å². The van der Waals surface area contributed by atoms with Crippen LogP contribution in [0.4, 0.5) is 10.5 Å². The molecule has 4 nitrogen and oxygen atoms in total. The maximum Gasteiger partial charge on any atom is 0.332 e. The van der Waals surface area contributed by atoms with E-state index in [0.29, 0.717) is 23.0 Å². The Morgan fingerprint density at radius 2 is 1.94 bits per heavy atom. The number of rotatable bonds is 1. The highest BCUT2D eigenvalue weighted by molar-refractivity contribution is 7.99. The molecule has 2 fully saturated rings. The molecule has 94 valence electrons. The Balaban J connectivity index is 1.95. The Kier molecular flexibility index (Phi) is 2.95. The van der Waals surface area contributed by atoms with Crippen LogP contribution < -0.4 is 4.90 Å². The molecule has 0 bridgehead atoms. The lowest BCUT2D eigenvalue weighted by atomic mass is 10.2. The van der Waals surface area contributed by atoms with Crippen LogP contribution in [0.5, 0.6) is 0 Å². The molecule has 1 atom stereocenters. The van der Waals surface area contributed by atoms with Crippen LogP contribution in [0.2, 0.25) is 5.02 Å². The maximum atomic E-state index is 12.3. The molecule has 0 spiro atoms. The molecule has 0 N–H and O–H groups in total. The molecule has 2 aliphatic heterocycles. The number of carbonyl (C=O) groups is 2. The minimum absolute atomic E-state index is 0.130. The van der Waals surface area contributed by atoms with Gasteiger partial charge in [-0.1, -0.05) is 11.6 Å². The van der Waals surface area contributed by atoms with Gasteiger partial charge in [0.2, 0.25) is 0 Å². The van der Waals surface area contributed by atoms with Gasteiger partial charge in [-0.15, -0.1) is 0 Å². The van der Waals surface area contributed by atoms with Gasteiger partial charge in [-0.25, -0.2) is 9.69 Å². The molecule has 0 radical (unpaired) electrons. The van der Waals surface area contributed by atoms with Gasteiger partial charge in [-0.3, -0.25) is 4.79 Å². The fraction of sp³-hybridized carbons (Fsp3) is 0.333. The lowest BCUT2D eigenvalue weighted by Gasteiger charge is -2.25. The molecular weight excluding hydrogens is 272 g/mol. The summed E-state index contributed by atoms with van der Waals surface area (Å²) in [6, 6.07) is 6.25. The monoisotopic (exact) mass is 282 g/mol. The van der Waals surface area contributed by atoms with Crippen molar-refractivity contribution in [1.29, 1.82) is 0 Å². The van der Waals surface area contributed by atoms with Crippen LogP contribution in [0.25, 0.3) is 0 Å². The number of imide groups is 1. The minimum Gasteiger partial charge on any atom is -0.310 e. The second kappa shape index (κ2) is 4.48. The number of hydrogen-bond acceptors (Lipinski definition) is 3. The SMILES string of the molecule is O=C1C2CSCCN2C(=O)N1c1ccc(Cl)cc1. The van der Waals surface area contributed by atoms with Gasteiger partial charge in [-0.2, -0.15) is 11.8 Å². The van der Waals surface area contributed by atoms with Crippen molar-refractivity contribution in [3.05, 3.63) is 29.3 Å². The largest absolute Gasteiger partial charge is 0.332 e. The predicted molar refractivity (Wildman–Crippen MR) is 72.2 cm³/mol. The van der Waals surface area contributed by atoms with Gasteiger partial charge in [0.15, 0.2) is 0 Å². The van der Waals surface area contributed by atoms with Crippen LogP contribution in [-0.4, -0.2) is 40.9 Å². The summed E-state index contributed by atoms with van der Waals surface area (Å²) in [6.07, 6.45) is 0. The van der Waals surface area contributed by atoms with E-state index in [1.54, 1.807) is 40.9 Å². The third-order valence-electron chi connectivity index (χ3n) is 3.16. The molecule has 2 heterocycles. The Bertz CT molecular complexity index is 481. The first-order valence-corrected chi connectivity index (χ1v) is 7.19. The molecule has 1 aromatic carbocycles. The van der Waals surface area contributed by atoms with Crippen molar-refractivity contribution in [2.75, 3.05) is 23.0 Å². The van der Waals surface area contributed by atoms with Crippen LogP contribution in [0.15, 0.2) is 24.3 Å². The van der Waals surface area contributed by atoms with Crippen molar-refractivity contribution in [2.45, 2.75) is 6.04 Å². The summed E-state index contributed by atoms with van der Waals surface area (Å²) < 4.78 is 0. The summed E-state index contributed by atoms with van der Waals surface area (Å²) in [5, 5.41) is 0.589. The highest BCUT2D eigenvalue weighted by Gasteiger charge is 2.46. The summed E-state index contributed by atoms with van der Waals surface area (Å²) in [7, 11) is 0. The van der Waals surface area contributed by atoms with Crippen LogP contribution >= 0.6 is 23.4 Å². The summed E-state index contributed by atoms with van der Waals surface area (Å²) in [6.45, 7) is 0.643. The standard InChI is InChI=1S/C12H11ClN2O2S/c13-8-1-3-9(4-2-8)15-11(16)10-7-18-6-5-14(10)12(15)17/h1-4,10H,5-7H2. The topological polar surface area (TPSA) is 40.6 Å². The van der Waals surface area contributed by atoms with Gasteiger partial charge in [0.1, 0.15) is 6.04 Å². The van der Waals surface area contributed by atoms with Crippen molar-refractivity contribution in [1.82, 2.24) is 4.90 Å². The second-order valence-electron chi connectivity index (χ2n) is 4.22. The van der Waals surface area contributed by atoms with E-state index in [2.05, 4.69) is 0 Å². The molecule has 18 heavy (non-hydrogen) atoms. The van der Waals surface area contributed by atoms with E-state index in [4.69, 9.17) is 11.6 Å². The summed E-state index contributed by atoms with van der Waals surface area (Å²) in [5.41, 5.74) is 0.591. The second-order valence-corrected chi connectivity index (χ2v) is 5.80. The first-order chi connectivity index (χ1) is 8.68. The van der Waals surface area contributed by atoms with Gasteiger partial charge in [0.25, 0.3) is 5.91 Å². The Hall–Kier alpha value is -1.20. The number of hydrogen-bond donors (Lipinski definition) is 0. The number of benzene rings is 1. The van der Waals surface area contributed by atoms with Crippen molar-refractivity contribution in [2.24, 2.45) is 0 Å². The summed E-state index contributed by atoms with van der Waals surface area (Å²) in [5.74, 6) is 1.45. The number of thioether (sulfide) groups is 1. The number of amides is 3. The molecule has 0 aliphatic carbocycles. The zero-order valence-corrected chi connectivity index (χ0v) is 11.1. The van der Waals surface area contributed by atoms with Crippen LogP contribution in [0, 0.1) is 0 Å².